The molecule has 1 N–H and O–H groups in total. The number of β-amino-alcohol motifs (C(OH)–C–C–N with tert-alkyl or cyclic N) is 1. The highest BCUT2D eigenvalue weighted by Gasteiger charge is 2.53. The minimum Gasteiger partial charge on any atom is -0.346 e. The number of anilines is 1. The molecular weight excluding hydrogens is 362 g/mol. The zero-order valence-electron chi connectivity index (χ0n) is 15.4. The number of hydrogen-bond donors (Lipinski definition) is 1. The second-order valence-corrected chi connectivity index (χ2v) is 8.20. The molecule has 1 atom stereocenters. The van der Waals surface area contributed by atoms with E-state index in [9.17, 15) is 15.2 Å². The molecule has 2 aliphatic heterocycles. The van der Waals surface area contributed by atoms with Crippen LogP contribution in [0.3, 0.4) is 0 Å². The van der Waals surface area contributed by atoms with Crippen LogP contribution >= 0.6 is 11.8 Å². The molecule has 2 aromatic rings. The van der Waals surface area contributed by atoms with Crippen LogP contribution in [0.2, 0.25) is 0 Å². The molecule has 140 valence electrons. The Labute approximate surface area is 162 Å². The Kier molecular flexibility index (Phi) is 4.44. The highest BCUT2D eigenvalue weighted by atomic mass is 32.2. The molecular formula is C20H22N3O3S+. The summed E-state index contributed by atoms with van der Waals surface area (Å²) in [6, 6.07) is 12.7. The van der Waals surface area contributed by atoms with Gasteiger partial charge >= 0.3 is 5.17 Å². The molecule has 0 radical (unpaired) electrons. The molecule has 27 heavy (non-hydrogen) atoms. The summed E-state index contributed by atoms with van der Waals surface area (Å²) >= 11 is 1.73. The molecule has 2 heterocycles. The van der Waals surface area contributed by atoms with E-state index in [0.717, 1.165) is 40.7 Å². The molecule has 0 saturated carbocycles. The third-order valence-corrected chi connectivity index (χ3v) is 6.41. The van der Waals surface area contributed by atoms with Crippen molar-refractivity contribution in [3.8, 4) is 0 Å². The van der Waals surface area contributed by atoms with Gasteiger partial charge in [0.2, 0.25) is 0 Å². The summed E-state index contributed by atoms with van der Waals surface area (Å²) in [5.41, 5.74) is 2.65. The van der Waals surface area contributed by atoms with Gasteiger partial charge in [0, 0.05) is 23.4 Å². The molecule has 6 nitrogen and oxygen atoms in total. The van der Waals surface area contributed by atoms with Gasteiger partial charge in [0.05, 0.1) is 11.5 Å². The van der Waals surface area contributed by atoms with Crippen molar-refractivity contribution < 1.29 is 14.6 Å². The molecule has 7 heteroatoms. The van der Waals surface area contributed by atoms with Gasteiger partial charge in [0.15, 0.2) is 6.54 Å². The number of amidine groups is 1. The van der Waals surface area contributed by atoms with Crippen molar-refractivity contribution in [3.05, 3.63) is 69.3 Å². The minimum atomic E-state index is -1.29. The van der Waals surface area contributed by atoms with Gasteiger partial charge in [0.1, 0.15) is 5.69 Å². The normalized spacial score (nSPS) is 22.1. The zero-order chi connectivity index (χ0) is 19.2. The van der Waals surface area contributed by atoms with E-state index in [2.05, 4.69) is 36.9 Å². The average molecular weight is 384 g/mol. The van der Waals surface area contributed by atoms with Crippen molar-refractivity contribution in [3.63, 3.8) is 0 Å². The summed E-state index contributed by atoms with van der Waals surface area (Å²) in [6.45, 7) is 5.20. The highest BCUT2D eigenvalue weighted by Crippen LogP contribution is 2.39. The number of aryl methyl sites for hydroxylation is 2. The fourth-order valence-electron chi connectivity index (χ4n) is 3.81. The first kappa shape index (κ1) is 18.0. The van der Waals surface area contributed by atoms with E-state index in [0.29, 0.717) is 12.1 Å². The predicted octanol–water partition coefficient (Wildman–Crippen LogP) is 3.38. The fraction of sp³-hybridized carbons (Fsp3) is 0.350. The summed E-state index contributed by atoms with van der Waals surface area (Å²) < 4.78 is 2.00. The van der Waals surface area contributed by atoms with Crippen molar-refractivity contribution in [1.82, 2.24) is 0 Å². The number of rotatable bonds is 3. The summed E-state index contributed by atoms with van der Waals surface area (Å²) in [5, 5.41) is 23.9. The first-order valence-electron chi connectivity index (χ1n) is 8.99. The first-order valence-corrected chi connectivity index (χ1v) is 9.98. The number of nitro benzene ring substituents is 1. The number of aliphatic hydroxyl groups is 1. The molecule has 2 aromatic carbocycles. The molecule has 4 rings (SSSR count). The molecule has 0 aliphatic carbocycles. The lowest BCUT2D eigenvalue weighted by atomic mass is 10.0. The van der Waals surface area contributed by atoms with Gasteiger partial charge in [-0.3, -0.25) is 10.1 Å². The van der Waals surface area contributed by atoms with Gasteiger partial charge in [0.25, 0.3) is 11.4 Å². The standard InChI is InChI=1S/C20H22N3O3S/c1-14-7-8-15(2)18(11-14)21-13-20(24,22-9-4-10-27-19(21)22)16-5-3-6-17(12-16)23(25)26/h3,5-8,11-12,24H,4,9-10,13H2,1-2H3/q+1/t20-/m1/s1. The maximum atomic E-state index is 11.7. The molecule has 2 aliphatic rings. The Morgan fingerprint density at radius 1 is 1.26 bits per heavy atom. The van der Waals surface area contributed by atoms with Crippen molar-refractivity contribution in [2.45, 2.75) is 26.0 Å². The van der Waals surface area contributed by atoms with Gasteiger partial charge in [-0.2, -0.15) is 0 Å². The van der Waals surface area contributed by atoms with Crippen molar-refractivity contribution >= 4 is 28.3 Å². The Balaban J connectivity index is 1.84. The van der Waals surface area contributed by atoms with Gasteiger partial charge in [-0.25, -0.2) is 9.48 Å². The lowest BCUT2D eigenvalue weighted by Crippen LogP contribution is -2.41. The summed E-state index contributed by atoms with van der Waals surface area (Å²) in [5.74, 6) is 0.998. The quantitative estimate of drug-likeness (QED) is 0.499. The first-order chi connectivity index (χ1) is 12.9. The fourth-order valence-corrected chi connectivity index (χ4v) is 4.99. The van der Waals surface area contributed by atoms with Gasteiger partial charge in [-0.05, 0) is 49.2 Å². The maximum absolute atomic E-state index is 11.7. The second-order valence-electron chi connectivity index (χ2n) is 7.14. The third-order valence-electron chi connectivity index (χ3n) is 5.22. The molecule has 0 aromatic heterocycles. The van der Waals surface area contributed by atoms with E-state index in [1.165, 1.54) is 12.1 Å². The topological polar surface area (TPSA) is 69.6 Å². The van der Waals surface area contributed by atoms with Gasteiger partial charge in [-0.15, -0.1) is 0 Å². The van der Waals surface area contributed by atoms with Crippen LogP contribution in [0.25, 0.3) is 0 Å². The Hall–Kier alpha value is -2.38. The molecule has 0 fully saturated rings. The van der Waals surface area contributed by atoms with E-state index >= 15 is 0 Å². The minimum absolute atomic E-state index is 0.00248. The van der Waals surface area contributed by atoms with E-state index in [1.807, 2.05) is 4.58 Å². The number of nitro groups is 1. The van der Waals surface area contributed by atoms with Crippen molar-refractivity contribution in [1.29, 1.82) is 0 Å². The Morgan fingerprint density at radius 2 is 2.07 bits per heavy atom. The second kappa shape index (κ2) is 6.65. The Morgan fingerprint density at radius 3 is 2.85 bits per heavy atom. The van der Waals surface area contributed by atoms with Crippen LogP contribution in [-0.2, 0) is 5.72 Å². The smallest absolute Gasteiger partial charge is 0.316 e. The van der Waals surface area contributed by atoms with Crippen LogP contribution in [0.1, 0.15) is 23.1 Å². The molecule has 0 unspecified atom stereocenters. The van der Waals surface area contributed by atoms with Crippen molar-refractivity contribution in [2.24, 2.45) is 0 Å². The van der Waals surface area contributed by atoms with Crippen molar-refractivity contribution in [2.75, 3.05) is 23.7 Å². The van der Waals surface area contributed by atoms with Crippen LogP contribution < -0.4 is 4.90 Å². The largest absolute Gasteiger partial charge is 0.346 e. The van der Waals surface area contributed by atoms with Crippen LogP contribution in [0, 0.1) is 24.0 Å². The number of nitrogens with zero attached hydrogens (tertiary/aromatic N) is 3. The van der Waals surface area contributed by atoms with Crippen LogP contribution in [-0.4, -0.2) is 38.6 Å². The third kappa shape index (κ3) is 3.00. The van der Waals surface area contributed by atoms with Gasteiger partial charge < -0.3 is 5.11 Å². The monoisotopic (exact) mass is 384 g/mol. The van der Waals surface area contributed by atoms with E-state index in [-0.39, 0.29) is 5.69 Å². The average Bonchev–Trinajstić information content (AvgIpc) is 2.98. The summed E-state index contributed by atoms with van der Waals surface area (Å²) in [7, 11) is 0. The number of thioether (sulfide) groups is 1. The lowest BCUT2D eigenvalue weighted by Gasteiger charge is -2.24. The summed E-state index contributed by atoms with van der Waals surface area (Å²) in [4.78, 5) is 13.0. The molecule has 0 spiro atoms. The lowest BCUT2D eigenvalue weighted by molar-refractivity contribution is -0.656. The Bertz CT molecular complexity index is 959. The van der Waals surface area contributed by atoms with E-state index in [4.69, 9.17) is 0 Å². The van der Waals surface area contributed by atoms with Crippen LogP contribution in [0.5, 0.6) is 0 Å². The zero-order valence-corrected chi connectivity index (χ0v) is 16.2. The maximum Gasteiger partial charge on any atom is 0.316 e. The van der Waals surface area contributed by atoms with Crippen LogP contribution in [0.15, 0.2) is 42.5 Å². The van der Waals surface area contributed by atoms with E-state index < -0.39 is 10.6 Å². The SMILES string of the molecule is Cc1ccc(C)c(N2C[C@@](O)(c3cccc([N+](=O)[O-])c3)[N+]3=C2SCCC3)c1. The summed E-state index contributed by atoms with van der Waals surface area (Å²) in [6.07, 6.45) is 0.964. The molecule has 0 saturated heterocycles. The number of benzene rings is 2. The highest BCUT2D eigenvalue weighted by molar-refractivity contribution is 8.13. The van der Waals surface area contributed by atoms with Crippen LogP contribution in [0.4, 0.5) is 11.4 Å². The number of hydrogen-bond acceptors (Lipinski definition) is 5. The van der Waals surface area contributed by atoms with E-state index in [1.54, 1.807) is 23.9 Å². The number of non-ortho nitro benzene ring substituents is 1. The molecule has 0 amide bonds. The van der Waals surface area contributed by atoms with Gasteiger partial charge in [-0.1, -0.05) is 24.3 Å². The molecule has 0 bridgehead atoms. The predicted molar refractivity (Wildman–Crippen MR) is 107 cm³/mol.